The fraction of sp³-hybridized carbons (Fsp3) is 0.571. The number of aryl methyl sites for hydroxylation is 2. The highest BCUT2D eigenvalue weighted by atomic mass is 28.4. The quantitative estimate of drug-likeness (QED) is 0.0808. The van der Waals surface area contributed by atoms with Crippen molar-refractivity contribution in [3.8, 4) is 22.3 Å². The van der Waals surface area contributed by atoms with E-state index in [4.69, 9.17) is 25.9 Å². The van der Waals surface area contributed by atoms with Crippen LogP contribution in [0.15, 0.2) is 49.3 Å². The highest BCUT2D eigenvalue weighted by Crippen LogP contribution is 2.38. The predicted molar refractivity (Wildman–Crippen MR) is 234 cm³/mol. The minimum absolute atomic E-state index is 0.246. The Kier molecular flexibility index (Phi) is 12.4. The maximum absolute atomic E-state index is 6.38. The van der Waals surface area contributed by atoms with Crippen LogP contribution in [-0.2, 0) is 18.5 Å². The second-order valence-electron chi connectivity index (χ2n) is 17.8. The van der Waals surface area contributed by atoms with E-state index in [0.717, 1.165) is 83.9 Å². The van der Waals surface area contributed by atoms with Gasteiger partial charge in [0.1, 0.15) is 11.6 Å². The molecule has 0 bridgehead atoms. The smallest absolute Gasteiger partial charge is 0.192 e. The molecule has 6 aromatic rings. The average molecular weight is 809 g/mol. The van der Waals surface area contributed by atoms with Gasteiger partial charge in [0.2, 0.25) is 0 Å². The van der Waals surface area contributed by atoms with Crippen molar-refractivity contribution in [3.63, 3.8) is 0 Å². The number of nitrogens with one attached hydrogen (secondary N) is 2. The molecule has 0 spiro atoms. The zero-order chi connectivity index (χ0) is 41.2. The molecule has 58 heavy (non-hydrogen) atoms. The van der Waals surface area contributed by atoms with Crippen molar-refractivity contribution in [1.82, 2.24) is 59.4 Å². The third kappa shape index (κ3) is 9.14. The first-order chi connectivity index (χ1) is 27.7. The van der Waals surface area contributed by atoms with Crippen molar-refractivity contribution >= 4 is 31.2 Å². The van der Waals surface area contributed by atoms with Crippen LogP contribution in [0.1, 0.15) is 102 Å². The van der Waals surface area contributed by atoms with Gasteiger partial charge in [-0.25, -0.2) is 9.97 Å². The van der Waals surface area contributed by atoms with Gasteiger partial charge in [0.15, 0.2) is 19.6 Å². The second kappa shape index (κ2) is 17.3. The number of hydrogen-bond donors (Lipinski definition) is 4. The van der Waals surface area contributed by atoms with Crippen LogP contribution in [0.5, 0.6) is 0 Å². The van der Waals surface area contributed by atoms with Crippen LogP contribution in [0.25, 0.3) is 33.5 Å². The summed E-state index contributed by atoms with van der Waals surface area (Å²) in [5.41, 5.74) is 20.4. The molecule has 312 valence electrons. The van der Waals surface area contributed by atoms with Crippen molar-refractivity contribution in [2.45, 2.75) is 121 Å². The number of anilines is 2. The lowest BCUT2D eigenvalue weighted by Crippen LogP contribution is -2.43. The first-order valence-corrected chi connectivity index (χ1v) is 24.0. The van der Waals surface area contributed by atoms with E-state index in [1.807, 2.05) is 63.4 Å². The number of rotatable bonds is 11. The van der Waals surface area contributed by atoms with Crippen molar-refractivity contribution in [2.24, 2.45) is 14.1 Å². The third-order valence-electron chi connectivity index (χ3n) is 12.6. The largest absolute Gasteiger partial charge is 0.416 e. The molecule has 0 amide bonds. The summed E-state index contributed by atoms with van der Waals surface area (Å²) in [5, 5.41) is 25.0. The van der Waals surface area contributed by atoms with Gasteiger partial charge < -0.3 is 26.5 Å². The molecule has 0 radical (unpaired) electrons. The molecular weight excluding hydrogens is 745 g/mol. The minimum Gasteiger partial charge on any atom is -0.416 e. The Labute approximate surface area is 343 Å². The van der Waals surface area contributed by atoms with E-state index in [1.165, 1.54) is 32.1 Å². The normalized spacial score (nSPS) is 20.4. The summed E-state index contributed by atoms with van der Waals surface area (Å²) in [6, 6.07) is 5.05. The number of hydrogen-bond acceptors (Lipinski definition) is 11. The van der Waals surface area contributed by atoms with Crippen molar-refractivity contribution in [1.29, 1.82) is 0 Å². The molecule has 0 unspecified atom stereocenters. The Morgan fingerprint density at radius 3 is 1.64 bits per heavy atom. The van der Waals surface area contributed by atoms with Gasteiger partial charge in [0, 0.05) is 109 Å². The summed E-state index contributed by atoms with van der Waals surface area (Å²) in [6.45, 7) is 16.3. The van der Waals surface area contributed by atoms with Gasteiger partial charge in [-0.2, -0.15) is 29.4 Å². The molecule has 0 aromatic carbocycles. The number of aromatic nitrogens is 10. The molecule has 2 fully saturated rings. The summed E-state index contributed by atoms with van der Waals surface area (Å²) >= 11 is 0. The monoisotopic (exact) mass is 809 g/mol. The van der Waals surface area contributed by atoms with E-state index in [-0.39, 0.29) is 5.04 Å². The number of nitrogens with two attached hydrogens (primary N) is 2. The van der Waals surface area contributed by atoms with Crippen molar-refractivity contribution < 1.29 is 4.43 Å². The molecule has 2 aliphatic rings. The van der Waals surface area contributed by atoms with Gasteiger partial charge in [0.05, 0.1) is 24.8 Å². The molecule has 0 aliphatic heterocycles. The molecule has 16 heteroatoms. The first-order valence-electron chi connectivity index (χ1n) is 21.1. The van der Waals surface area contributed by atoms with E-state index in [0.29, 0.717) is 35.6 Å². The highest BCUT2D eigenvalue weighted by molar-refractivity contribution is 6.74. The van der Waals surface area contributed by atoms with Crippen molar-refractivity contribution in [3.05, 3.63) is 60.7 Å². The fourth-order valence-corrected chi connectivity index (χ4v) is 9.37. The lowest BCUT2D eigenvalue weighted by molar-refractivity contribution is 0.262. The van der Waals surface area contributed by atoms with E-state index >= 15 is 0 Å². The van der Waals surface area contributed by atoms with Crippen LogP contribution in [0.2, 0.25) is 18.1 Å². The van der Waals surface area contributed by atoms with E-state index in [1.54, 1.807) is 18.4 Å². The van der Waals surface area contributed by atoms with Crippen LogP contribution >= 0.6 is 0 Å². The molecule has 4 atom stereocenters. The first kappa shape index (κ1) is 41.5. The Morgan fingerprint density at radius 2 is 1.21 bits per heavy atom. The minimum atomic E-state index is -1.69. The lowest BCUT2D eigenvalue weighted by Gasteiger charge is -2.36. The predicted octanol–water partition coefficient (Wildman–Crippen LogP) is 6.70. The summed E-state index contributed by atoms with van der Waals surface area (Å²) in [5.74, 6) is 2.10. The van der Waals surface area contributed by atoms with Gasteiger partial charge in [-0.15, -0.1) is 0 Å². The van der Waals surface area contributed by atoms with Crippen LogP contribution in [0, 0.1) is 0 Å². The molecule has 6 heterocycles. The SMILES string of the molecule is CCN[C@@H]1CCC[C@H](c2cc(N)n3ncc(-c4cnn(C)c4)c3n2)C1.Cn1cc(-c2cnn3c(N)cc([C@H]4CCC[C@@H](NCCO[Si](C)(C)C(C)(C)C)C4)nc23)cn1. The molecular formula is C42H64N14OSi. The molecule has 0 saturated heterocycles. The maximum Gasteiger partial charge on any atom is 0.192 e. The Balaban J connectivity index is 0.000000183. The van der Waals surface area contributed by atoms with Crippen LogP contribution in [-0.4, -0.2) is 88.9 Å². The standard InChI is InChI=1S/C24H39N7OSi.C18H25N7/c1-24(2,3)33(5,6)32-11-10-26-19-9-7-8-17(12-19)21-13-22(25)31-23(29-21)20(15-28-31)18-14-27-30(4)16-18;1-3-20-14-6-4-5-12(7-14)16-8-17(19)25-18(23-16)15(10-22-25)13-9-21-24(2)11-13/h13-17,19,26H,7-12,25H2,1-6H3;8-12,14,20H,3-7,19H2,1-2H3/t17-,19+;12-,14+/m00/s1. The molecule has 2 saturated carbocycles. The van der Waals surface area contributed by atoms with Gasteiger partial charge in [-0.3, -0.25) is 9.36 Å². The number of nitrogens with zero attached hydrogens (tertiary/aromatic N) is 10. The van der Waals surface area contributed by atoms with E-state index < -0.39 is 8.32 Å². The zero-order valence-electron chi connectivity index (χ0n) is 35.7. The van der Waals surface area contributed by atoms with Crippen LogP contribution < -0.4 is 22.1 Å². The lowest BCUT2D eigenvalue weighted by atomic mass is 9.83. The van der Waals surface area contributed by atoms with Gasteiger partial charge in [0.25, 0.3) is 0 Å². The van der Waals surface area contributed by atoms with Crippen molar-refractivity contribution in [2.75, 3.05) is 31.2 Å². The molecule has 2 aliphatic carbocycles. The average Bonchev–Trinajstić information content (AvgIpc) is 4.01. The topological polar surface area (TPSA) is 181 Å². The van der Waals surface area contributed by atoms with Gasteiger partial charge in [-0.05, 0) is 63.2 Å². The van der Waals surface area contributed by atoms with Crippen LogP contribution in [0.3, 0.4) is 0 Å². The molecule has 15 nitrogen and oxygen atoms in total. The summed E-state index contributed by atoms with van der Waals surface area (Å²) in [7, 11) is 2.13. The van der Waals surface area contributed by atoms with E-state index in [9.17, 15) is 0 Å². The third-order valence-corrected chi connectivity index (χ3v) is 17.1. The molecule has 8 rings (SSSR count). The Morgan fingerprint density at radius 1 is 0.724 bits per heavy atom. The Hall–Kier alpha value is -4.64. The van der Waals surface area contributed by atoms with Gasteiger partial charge >= 0.3 is 0 Å². The maximum atomic E-state index is 6.38. The van der Waals surface area contributed by atoms with Gasteiger partial charge in [-0.1, -0.05) is 40.5 Å². The Bertz CT molecular complexity index is 2300. The van der Waals surface area contributed by atoms with E-state index in [2.05, 4.69) is 71.8 Å². The van der Waals surface area contributed by atoms with Crippen LogP contribution in [0.4, 0.5) is 11.6 Å². The summed E-state index contributed by atoms with van der Waals surface area (Å²) < 4.78 is 13.4. The highest BCUT2D eigenvalue weighted by Gasteiger charge is 2.37. The molecule has 6 N–H and O–H groups in total. The molecule has 6 aromatic heterocycles. The second-order valence-corrected chi connectivity index (χ2v) is 22.7. The number of fused-ring (bicyclic) bond motifs is 2. The summed E-state index contributed by atoms with van der Waals surface area (Å²) in [4.78, 5) is 9.99. The number of nitrogen functional groups attached to an aromatic ring is 2. The fourth-order valence-electron chi connectivity index (χ4n) is 8.32. The summed E-state index contributed by atoms with van der Waals surface area (Å²) in [6.07, 6.45) is 20.6. The zero-order valence-corrected chi connectivity index (χ0v) is 36.7.